The van der Waals surface area contributed by atoms with Gasteiger partial charge in [0.25, 0.3) is 0 Å². The molecular formula is C20H28N2. The molecule has 0 bridgehead atoms. The van der Waals surface area contributed by atoms with Crippen LogP contribution in [0.4, 0.5) is 11.4 Å². The molecule has 0 amide bonds. The van der Waals surface area contributed by atoms with Crippen LogP contribution in [0, 0.1) is 11.8 Å². The van der Waals surface area contributed by atoms with E-state index >= 15 is 0 Å². The molecule has 0 aliphatic rings. The number of hydrogen-bond acceptors (Lipinski definition) is 2. The predicted molar refractivity (Wildman–Crippen MR) is 97.8 cm³/mol. The molecule has 0 aliphatic heterocycles. The molecule has 0 saturated carbocycles. The van der Waals surface area contributed by atoms with E-state index in [0.717, 1.165) is 24.2 Å². The molecule has 2 heteroatoms. The highest BCUT2D eigenvalue weighted by molar-refractivity contribution is 5.70. The Morgan fingerprint density at radius 2 is 1.05 bits per heavy atom. The van der Waals surface area contributed by atoms with Crippen LogP contribution >= 0.6 is 0 Å². The van der Waals surface area contributed by atoms with E-state index in [4.69, 9.17) is 11.5 Å². The Kier molecular flexibility index (Phi) is 5.12. The van der Waals surface area contributed by atoms with Gasteiger partial charge in [-0.15, -0.1) is 0 Å². The van der Waals surface area contributed by atoms with Gasteiger partial charge in [-0.1, -0.05) is 39.8 Å². The Bertz CT molecular complexity index is 585. The first-order chi connectivity index (χ1) is 10.4. The lowest BCUT2D eigenvalue weighted by Gasteiger charge is -2.14. The van der Waals surface area contributed by atoms with Crippen LogP contribution < -0.4 is 11.5 Å². The van der Waals surface area contributed by atoms with Crippen molar-refractivity contribution in [3.8, 4) is 11.1 Å². The number of rotatable bonds is 5. The molecule has 2 aromatic carbocycles. The van der Waals surface area contributed by atoms with Crippen molar-refractivity contribution in [2.75, 3.05) is 11.5 Å². The summed E-state index contributed by atoms with van der Waals surface area (Å²) >= 11 is 0. The molecule has 0 aliphatic carbocycles. The number of anilines is 2. The van der Waals surface area contributed by atoms with Crippen LogP contribution in [-0.2, 0) is 12.8 Å². The highest BCUT2D eigenvalue weighted by Crippen LogP contribution is 2.28. The van der Waals surface area contributed by atoms with Crippen molar-refractivity contribution < 1.29 is 0 Å². The minimum absolute atomic E-state index is 0.598. The van der Waals surface area contributed by atoms with Gasteiger partial charge in [0.1, 0.15) is 0 Å². The third kappa shape index (κ3) is 4.03. The summed E-state index contributed by atoms with van der Waals surface area (Å²) in [7, 11) is 0. The van der Waals surface area contributed by atoms with Gasteiger partial charge in [0.05, 0.1) is 0 Å². The second kappa shape index (κ2) is 6.87. The summed E-state index contributed by atoms with van der Waals surface area (Å²) in [5.74, 6) is 1.20. The van der Waals surface area contributed by atoms with Crippen molar-refractivity contribution in [1.29, 1.82) is 0 Å². The third-order valence-electron chi connectivity index (χ3n) is 3.88. The molecule has 0 heterocycles. The van der Waals surface area contributed by atoms with Gasteiger partial charge in [-0.3, -0.25) is 0 Å². The van der Waals surface area contributed by atoms with Crippen molar-refractivity contribution in [1.82, 2.24) is 0 Å². The van der Waals surface area contributed by atoms with Crippen LogP contribution in [0.5, 0.6) is 0 Å². The van der Waals surface area contributed by atoms with Crippen LogP contribution in [0.2, 0.25) is 0 Å². The maximum atomic E-state index is 6.12. The van der Waals surface area contributed by atoms with Crippen LogP contribution in [0.1, 0.15) is 38.8 Å². The van der Waals surface area contributed by atoms with Crippen molar-refractivity contribution in [2.24, 2.45) is 11.8 Å². The quantitative estimate of drug-likeness (QED) is 0.770. The van der Waals surface area contributed by atoms with Crippen molar-refractivity contribution >= 4 is 11.4 Å². The first kappa shape index (κ1) is 16.4. The SMILES string of the molecule is CC(C)Cc1cc(-c2ccc(N)c(CC(C)C)c2)ccc1N. The normalized spacial score (nSPS) is 11.4. The highest BCUT2D eigenvalue weighted by Gasteiger charge is 2.08. The van der Waals surface area contributed by atoms with Gasteiger partial charge in [-0.05, 0) is 71.2 Å². The zero-order valence-corrected chi connectivity index (χ0v) is 14.2. The second-order valence-electron chi connectivity index (χ2n) is 7.02. The summed E-state index contributed by atoms with van der Waals surface area (Å²) in [6, 6.07) is 12.7. The Balaban J connectivity index is 2.39. The molecule has 2 rings (SSSR count). The minimum Gasteiger partial charge on any atom is -0.399 e. The molecule has 0 saturated heterocycles. The zero-order chi connectivity index (χ0) is 16.3. The van der Waals surface area contributed by atoms with Crippen molar-refractivity contribution in [2.45, 2.75) is 40.5 Å². The van der Waals surface area contributed by atoms with Crippen LogP contribution in [0.3, 0.4) is 0 Å². The summed E-state index contributed by atoms with van der Waals surface area (Å²) in [5.41, 5.74) is 18.9. The topological polar surface area (TPSA) is 52.0 Å². The maximum Gasteiger partial charge on any atom is 0.0347 e. The molecule has 0 unspecified atom stereocenters. The molecule has 118 valence electrons. The summed E-state index contributed by atoms with van der Waals surface area (Å²) in [4.78, 5) is 0. The third-order valence-corrected chi connectivity index (χ3v) is 3.88. The summed E-state index contributed by atoms with van der Waals surface area (Å²) in [6.07, 6.45) is 2.01. The molecule has 4 N–H and O–H groups in total. The predicted octanol–water partition coefficient (Wildman–Crippen LogP) is 4.92. The molecule has 2 aromatic rings. The zero-order valence-electron chi connectivity index (χ0n) is 14.2. The Morgan fingerprint density at radius 3 is 1.36 bits per heavy atom. The molecule has 2 nitrogen and oxygen atoms in total. The number of hydrogen-bond donors (Lipinski definition) is 2. The monoisotopic (exact) mass is 296 g/mol. The lowest BCUT2D eigenvalue weighted by molar-refractivity contribution is 0.648. The summed E-state index contributed by atoms with van der Waals surface area (Å²) in [5, 5.41) is 0. The van der Waals surface area contributed by atoms with Crippen LogP contribution in [0.25, 0.3) is 11.1 Å². The molecule has 0 radical (unpaired) electrons. The lowest BCUT2D eigenvalue weighted by atomic mass is 9.93. The Labute approximate surface area is 134 Å². The fourth-order valence-corrected chi connectivity index (χ4v) is 2.80. The number of benzene rings is 2. The number of nitrogens with two attached hydrogens (primary N) is 2. The van der Waals surface area contributed by atoms with E-state index in [2.05, 4.69) is 52.0 Å². The molecule has 0 spiro atoms. The van der Waals surface area contributed by atoms with Crippen LogP contribution in [0.15, 0.2) is 36.4 Å². The first-order valence-electron chi connectivity index (χ1n) is 8.14. The minimum atomic E-state index is 0.598. The average Bonchev–Trinajstić information content (AvgIpc) is 2.43. The largest absolute Gasteiger partial charge is 0.399 e. The van der Waals surface area contributed by atoms with Crippen molar-refractivity contribution in [3.05, 3.63) is 47.5 Å². The van der Waals surface area contributed by atoms with Crippen LogP contribution in [-0.4, -0.2) is 0 Å². The Morgan fingerprint density at radius 1 is 0.682 bits per heavy atom. The highest BCUT2D eigenvalue weighted by atomic mass is 14.6. The molecule has 22 heavy (non-hydrogen) atoms. The second-order valence-corrected chi connectivity index (χ2v) is 7.02. The summed E-state index contributed by atoms with van der Waals surface area (Å²) in [6.45, 7) is 8.87. The van der Waals surface area contributed by atoms with E-state index in [1.54, 1.807) is 0 Å². The van der Waals surface area contributed by atoms with Crippen molar-refractivity contribution in [3.63, 3.8) is 0 Å². The smallest absolute Gasteiger partial charge is 0.0347 e. The fraction of sp³-hybridized carbons (Fsp3) is 0.400. The standard InChI is InChI=1S/C20H28N2/c1-13(2)9-17-11-15(5-7-19(17)21)16-6-8-20(22)18(12-16)10-14(3)4/h5-8,11-14H,9-10,21-22H2,1-4H3. The van der Waals surface area contributed by atoms with Gasteiger partial charge in [-0.2, -0.15) is 0 Å². The van der Waals surface area contributed by atoms with Gasteiger partial charge >= 0.3 is 0 Å². The van der Waals surface area contributed by atoms with Gasteiger partial charge in [0.2, 0.25) is 0 Å². The van der Waals surface area contributed by atoms with Gasteiger partial charge in [0.15, 0.2) is 0 Å². The lowest BCUT2D eigenvalue weighted by Crippen LogP contribution is -2.01. The molecular weight excluding hydrogens is 268 g/mol. The number of nitrogen functional groups attached to an aromatic ring is 2. The van der Waals surface area contributed by atoms with E-state index < -0.39 is 0 Å². The molecule has 0 aromatic heterocycles. The van der Waals surface area contributed by atoms with Gasteiger partial charge in [0, 0.05) is 11.4 Å². The summed E-state index contributed by atoms with van der Waals surface area (Å²) < 4.78 is 0. The van der Waals surface area contributed by atoms with E-state index in [0.29, 0.717) is 11.8 Å². The fourth-order valence-electron chi connectivity index (χ4n) is 2.80. The first-order valence-corrected chi connectivity index (χ1v) is 8.14. The van der Waals surface area contributed by atoms with Gasteiger partial charge in [-0.25, -0.2) is 0 Å². The molecule has 0 atom stereocenters. The van der Waals surface area contributed by atoms with E-state index in [1.165, 1.54) is 22.3 Å². The average molecular weight is 296 g/mol. The Hall–Kier alpha value is -1.96. The molecule has 0 fully saturated rings. The van der Waals surface area contributed by atoms with E-state index in [1.807, 2.05) is 12.1 Å². The van der Waals surface area contributed by atoms with E-state index in [-0.39, 0.29) is 0 Å². The maximum absolute atomic E-state index is 6.12. The van der Waals surface area contributed by atoms with E-state index in [9.17, 15) is 0 Å². The van der Waals surface area contributed by atoms with Gasteiger partial charge < -0.3 is 11.5 Å².